The minimum Gasteiger partial charge on any atom is -0.411 e. The van der Waals surface area contributed by atoms with E-state index in [1.165, 1.54) is 0 Å². The molecule has 0 aromatic rings. The molecule has 0 radical (unpaired) electrons. The molecule has 0 aliphatic rings. The largest absolute Gasteiger partial charge is 0.411 e. The monoisotopic (exact) mass is 301 g/mol. The molecule has 0 rings (SSSR count). The molecule has 0 aliphatic heterocycles. The van der Waals surface area contributed by atoms with Crippen LogP contribution in [-0.2, 0) is 4.43 Å². The van der Waals surface area contributed by atoms with Crippen molar-refractivity contribution in [2.75, 3.05) is 13.2 Å². The Hall–Kier alpha value is -0.693. The Morgan fingerprint density at radius 2 is 1.95 bits per heavy atom. The first-order valence-corrected chi connectivity index (χ1v) is 9.94. The minimum absolute atomic E-state index is 0.0425. The van der Waals surface area contributed by atoms with Crippen molar-refractivity contribution in [1.82, 2.24) is 0 Å². The van der Waals surface area contributed by atoms with Crippen LogP contribution in [0.2, 0.25) is 18.1 Å². The highest BCUT2D eigenvalue weighted by Crippen LogP contribution is 2.36. The molecule has 0 heterocycles. The summed E-state index contributed by atoms with van der Waals surface area (Å²) in [5.74, 6) is 0. The lowest BCUT2D eigenvalue weighted by molar-refractivity contribution is 0.260. The van der Waals surface area contributed by atoms with Crippen molar-refractivity contribution in [2.45, 2.75) is 57.8 Å². The summed E-state index contributed by atoms with van der Waals surface area (Å²) in [6.45, 7) is 11.1. The van der Waals surface area contributed by atoms with E-state index < -0.39 is 8.32 Å². The zero-order chi connectivity index (χ0) is 16.0. The molecule has 0 saturated heterocycles. The second-order valence-electron chi connectivity index (χ2n) is 6.77. The maximum absolute atomic E-state index is 8.84. The smallest absolute Gasteiger partial charge is 0.192 e. The van der Waals surface area contributed by atoms with Crippen LogP contribution in [0.5, 0.6) is 0 Å². The van der Waals surface area contributed by atoms with Crippen molar-refractivity contribution in [3.63, 3.8) is 0 Å². The highest BCUT2D eigenvalue weighted by atomic mass is 28.4. The van der Waals surface area contributed by atoms with Crippen LogP contribution >= 0.6 is 0 Å². The molecule has 0 unspecified atom stereocenters. The van der Waals surface area contributed by atoms with Crippen LogP contribution in [0.3, 0.4) is 0 Å². The summed E-state index contributed by atoms with van der Waals surface area (Å²) >= 11 is 0. The standard InChI is InChI=1S/C14H31N3O2Si/c1-14(2,3)20(4,5)19-10-13(17)8-11(15)6-7-12(16)9-18/h8,12,17-18H,6-7,9-10,15-16H2,1-5H3/b11-8-,17-13?/t12-/m0/s1. The zero-order valence-corrected chi connectivity index (χ0v) is 14.5. The van der Waals surface area contributed by atoms with Crippen molar-refractivity contribution in [2.24, 2.45) is 11.5 Å². The summed E-state index contributed by atoms with van der Waals surface area (Å²) in [4.78, 5) is 0. The third-order valence-electron chi connectivity index (χ3n) is 3.79. The lowest BCUT2D eigenvalue weighted by Gasteiger charge is -2.36. The molecule has 0 fully saturated rings. The number of hydrogen-bond donors (Lipinski definition) is 4. The van der Waals surface area contributed by atoms with E-state index in [1.807, 2.05) is 0 Å². The molecule has 6 N–H and O–H groups in total. The molecule has 0 saturated carbocycles. The quantitative estimate of drug-likeness (QED) is 0.406. The van der Waals surface area contributed by atoms with Gasteiger partial charge in [-0.15, -0.1) is 0 Å². The van der Waals surface area contributed by atoms with Gasteiger partial charge < -0.3 is 26.4 Å². The van der Waals surface area contributed by atoms with Crippen LogP contribution in [0.4, 0.5) is 0 Å². The number of aliphatic hydroxyl groups excluding tert-OH is 1. The topological polar surface area (TPSA) is 105 Å². The van der Waals surface area contributed by atoms with Gasteiger partial charge >= 0.3 is 0 Å². The highest BCUT2D eigenvalue weighted by Gasteiger charge is 2.37. The van der Waals surface area contributed by atoms with Gasteiger partial charge in [-0.1, -0.05) is 20.8 Å². The van der Waals surface area contributed by atoms with Gasteiger partial charge in [0.05, 0.1) is 18.9 Å². The molecule has 0 bridgehead atoms. The second-order valence-corrected chi connectivity index (χ2v) is 11.6. The van der Waals surface area contributed by atoms with Crippen LogP contribution in [-0.4, -0.2) is 38.4 Å². The molecular weight excluding hydrogens is 270 g/mol. The van der Waals surface area contributed by atoms with Gasteiger partial charge in [0.15, 0.2) is 8.32 Å². The van der Waals surface area contributed by atoms with E-state index in [1.54, 1.807) is 6.08 Å². The fourth-order valence-electron chi connectivity index (χ4n) is 1.26. The molecule has 0 aliphatic carbocycles. The normalized spacial score (nSPS) is 15.2. The average Bonchev–Trinajstić information content (AvgIpc) is 2.32. The lowest BCUT2D eigenvalue weighted by Crippen LogP contribution is -2.41. The van der Waals surface area contributed by atoms with Gasteiger partial charge in [-0.25, -0.2) is 0 Å². The van der Waals surface area contributed by atoms with E-state index in [0.717, 1.165) is 0 Å². The molecule has 1 atom stereocenters. The molecule has 0 aromatic carbocycles. The number of rotatable bonds is 8. The molecule has 20 heavy (non-hydrogen) atoms. The van der Waals surface area contributed by atoms with Gasteiger partial charge in [0.25, 0.3) is 0 Å². The molecule has 0 spiro atoms. The summed E-state index contributed by atoms with van der Waals surface area (Å²) in [6.07, 6.45) is 2.84. The highest BCUT2D eigenvalue weighted by molar-refractivity contribution is 6.74. The summed E-state index contributed by atoms with van der Waals surface area (Å²) in [6, 6.07) is -0.250. The Labute approximate surface area is 124 Å². The molecule has 5 nitrogen and oxygen atoms in total. The van der Waals surface area contributed by atoms with E-state index in [2.05, 4.69) is 33.9 Å². The van der Waals surface area contributed by atoms with Crippen LogP contribution in [0.25, 0.3) is 0 Å². The van der Waals surface area contributed by atoms with Crippen molar-refractivity contribution < 1.29 is 9.53 Å². The van der Waals surface area contributed by atoms with Gasteiger partial charge in [-0.05, 0) is 37.0 Å². The summed E-state index contributed by atoms with van der Waals surface area (Å²) in [5.41, 5.74) is 12.4. The minimum atomic E-state index is -1.82. The Morgan fingerprint density at radius 3 is 2.40 bits per heavy atom. The predicted molar refractivity (Wildman–Crippen MR) is 87.4 cm³/mol. The van der Waals surface area contributed by atoms with Gasteiger partial charge in [-0.2, -0.15) is 0 Å². The van der Waals surface area contributed by atoms with Gasteiger partial charge in [-0.3, -0.25) is 0 Å². The second kappa shape index (κ2) is 7.92. The maximum Gasteiger partial charge on any atom is 0.192 e. The van der Waals surface area contributed by atoms with E-state index in [0.29, 0.717) is 30.9 Å². The van der Waals surface area contributed by atoms with E-state index in [9.17, 15) is 0 Å². The van der Waals surface area contributed by atoms with Crippen LogP contribution in [0, 0.1) is 5.41 Å². The maximum atomic E-state index is 8.84. The number of nitrogens with two attached hydrogens (primary N) is 2. The molecule has 0 amide bonds. The Bertz CT molecular complexity index is 349. The number of allylic oxidation sites excluding steroid dienone is 1. The molecule has 0 aromatic heterocycles. The SMILES string of the molecule is CC(C)(C)[Si](C)(C)OCC(=N)/C=C(\N)CC[C@H](N)CO. The van der Waals surface area contributed by atoms with Crippen molar-refractivity contribution in [3.05, 3.63) is 11.8 Å². The molecule has 6 heteroatoms. The lowest BCUT2D eigenvalue weighted by atomic mass is 10.1. The van der Waals surface area contributed by atoms with Gasteiger partial charge in [0.2, 0.25) is 0 Å². The predicted octanol–water partition coefficient (Wildman–Crippen LogP) is 1.97. The Morgan fingerprint density at radius 1 is 1.40 bits per heavy atom. The molecule has 118 valence electrons. The van der Waals surface area contributed by atoms with Crippen LogP contribution in [0.1, 0.15) is 33.6 Å². The third kappa shape index (κ3) is 7.19. The van der Waals surface area contributed by atoms with Crippen LogP contribution in [0.15, 0.2) is 11.8 Å². The first-order valence-electron chi connectivity index (χ1n) is 7.03. The number of hydrogen-bond acceptors (Lipinski definition) is 5. The zero-order valence-electron chi connectivity index (χ0n) is 13.5. The van der Waals surface area contributed by atoms with Crippen LogP contribution < -0.4 is 11.5 Å². The summed E-state index contributed by atoms with van der Waals surface area (Å²) < 4.78 is 5.95. The van der Waals surface area contributed by atoms with Crippen molar-refractivity contribution in [3.8, 4) is 0 Å². The first kappa shape index (κ1) is 19.3. The van der Waals surface area contributed by atoms with Gasteiger partial charge in [0.1, 0.15) is 0 Å². The summed E-state index contributed by atoms with van der Waals surface area (Å²) in [7, 11) is -1.82. The molecular formula is C14H31N3O2Si. The van der Waals surface area contributed by atoms with E-state index in [-0.39, 0.29) is 17.7 Å². The third-order valence-corrected chi connectivity index (χ3v) is 8.27. The van der Waals surface area contributed by atoms with Gasteiger partial charge in [0, 0.05) is 11.7 Å². The summed E-state index contributed by atoms with van der Waals surface area (Å²) in [5, 5.41) is 16.9. The van der Waals surface area contributed by atoms with Crippen molar-refractivity contribution in [1.29, 1.82) is 5.41 Å². The Balaban J connectivity index is 4.29. The Kier molecular flexibility index (Phi) is 7.65. The van der Waals surface area contributed by atoms with E-state index >= 15 is 0 Å². The number of nitrogens with one attached hydrogen (secondary N) is 1. The fraction of sp³-hybridized carbons (Fsp3) is 0.786. The average molecular weight is 302 g/mol. The first-order chi connectivity index (χ1) is 8.99. The fourth-order valence-corrected chi connectivity index (χ4v) is 2.21. The van der Waals surface area contributed by atoms with Crippen molar-refractivity contribution >= 4 is 14.0 Å². The number of aliphatic hydroxyl groups is 1. The van der Waals surface area contributed by atoms with E-state index in [4.69, 9.17) is 26.4 Å².